The van der Waals surface area contributed by atoms with E-state index in [1.807, 2.05) is 60.7 Å². The first-order chi connectivity index (χ1) is 15.0. The molecule has 2 N–H and O–H groups in total. The summed E-state index contributed by atoms with van der Waals surface area (Å²) in [5.41, 5.74) is 10.7. The zero-order valence-corrected chi connectivity index (χ0v) is 17.6. The summed E-state index contributed by atoms with van der Waals surface area (Å²) in [6.45, 7) is 0. The molecule has 4 aromatic rings. The van der Waals surface area contributed by atoms with Crippen LogP contribution >= 0.6 is 23.2 Å². The van der Waals surface area contributed by atoms with E-state index in [4.69, 9.17) is 28.9 Å². The van der Waals surface area contributed by atoms with Crippen LogP contribution in [0.25, 0.3) is 33.5 Å². The average Bonchev–Trinajstić information content (AvgIpc) is 2.80. The summed E-state index contributed by atoms with van der Waals surface area (Å²) in [4.78, 5) is 4.37. The largest absolute Gasteiger partial charge is 0.383 e. The first kappa shape index (κ1) is 20.4. The Morgan fingerprint density at radius 1 is 0.677 bits per heavy atom. The number of hydrogen-bond donors (Lipinski definition) is 1. The minimum Gasteiger partial charge on any atom is -0.383 e. The Morgan fingerprint density at radius 3 is 2.00 bits per heavy atom. The van der Waals surface area contributed by atoms with Crippen molar-refractivity contribution in [3.05, 3.63) is 94.0 Å². The van der Waals surface area contributed by atoms with Crippen LogP contribution in [-0.4, -0.2) is 4.98 Å². The molecule has 0 aliphatic carbocycles. The summed E-state index contributed by atoms with van der Waals surface area (Å²) in [6, 6.07) is 26.5. The molecule has 3 aromatic carbocycles. The van der Waals surface area contributed by atoms with E-state index in [1.54, 1.807) is 12.1 Å². The number of pyridine rings is 1. The minimum absolute atomic E-state index is 0.0790. The summed E-state index contributed by atoms with van der Waals surface area (Å²) >= 11 is 12.2. The lowest BCUT2D eigenvalue weighted by Crippen LogP contribution is -2.04. The van der Waals surface area contributed by atoms with E-state index >= 15 is 0 Å². The Hall–Kier alpha value is -3.83. The number of nitrogen functional groups attached to an aromatic ring is 1. The Balaban J connectivity index is 1.98. The number of nitrogens with zero attached hydrogens (tertiary/aromatic N) is 3. The van der Waals surface area contributed by atoms with Gasteiger partial charge in [0.1, 0.15) is 23.5 Å². The van der Waals surface area contributed by atoms with E-state index < -0.39 is 0 Å². The molecule has 0 bridgehead atoms. The van der Waals surface area contributed by atoms with Gasteiger partial charge in [0, 0.05) is 11.1 Å². The number of halogens is 2. The van der Waals surface area contributed by atoms with Crippen molar-refractivity contribution in [2.75, 3.05) is 5.73 Å². The number of benzene rings is 3. The molecule has 0 saturated carbocycles. The first-order valence-electron chi connectivity index (χ1n) is 9.28. The number of nitrogens with two attached hydrogens (primary N) is 1. The van der Waals surface area contributed by atoms with Crippen molar-refractivity contribution < 1.29 is 0 Å². The fourth-order valence-electron chi connectivity index (χ4n) is 3.45. The second-order valence-electron chi connectivity index (χ2n) is 6.77. The molecule has 4 nitrogen and oxygen atoms in total. The third-order valence-corrected chi connectivity index (χ3v) is 5.64. The van der Waals surface area contributed by atoms with Gasteiger partial charge in [0.2, 0.25) is 0 Å². The minimum atomic E-state index is 0.0790. The molecule has 0 fully saturated rings. The zero-order chi connectivity index (χ0) is 22.0. The van der Waals surface area contributed by atoms with Gasteiger partial charge in [-0.15, -0.1) is 0 Å². The van der Waals surface area contributed by atoms with Gasteiger partial charge < -0.3 is 5.73 Å². The molecule has 1 aromatic heterocycles. The maximum atomic E-state index is 10.0. The molecule has 148 valence electrons. The SMILES string of the molecule is N#Cc1c(N)nc(-c2ccccc2)c(C#N)c1-c1cccc(-c2ccc(Cl)c(Cl)c2)c1. The molecule has 0 saturated heterocycles. The van der Waals surface area contributed by atoms with Crippen LogP contribution in [0.15, 0.2) is 72.8 Å². The summed E-state index contributed by atoms with van der Waals surface area (Å²) in [5.74, 6) is 0.0790. The average molecular weight is 441 g/mol. The topological polar surface area (TPSA) is 86.5 Å². The highest BCUT2D eigenvalue weighted by atomic mass is 35.5. The van der Waals surface area contributed by atoms with Crippen molar-refractivity contribution in [1.82, 2.24) is 4.98 Å². The van der Waals surface area contributed by atoms with Crippen LogP contribution in [-0.2, 0) is 0 Å². The predicted octanol–water partition coefficient (Wildman–Crippen LogP) is 6.71. The zero-order valence-electron chi connectivity index (χ0n) is 16.1. The van der Waals surface area contributed by atoms with Crippen molar-refractivity contribution in [2.24, 2.45) is 0 Å². The van der Waals surface area contributed by atoms with Crippen molar-refractivity contribution in [3.8, 4) is 45.6 Å². The summed E-state index contributed by atoms with van der Waals surface area (Å²) < 4.78 is 0. The van der Waals surface area contributed by atoms with E-state index in [0.717, 1.165) is 16.7 Å². The monoisotopic (exact) mass is 440 g/mol. The molecule has 1 heterocycles. The molecule has 0 amide bonds. The third kappa shape index (κ3) is 3.83. The van der Waals surface area contributed by atoms with Gasteiger partial charge in [0.15, 0.2) is 0 Å². The maximum absolute atomic E-state index is 10.0. The van der Waals surface area contributed by atoms with Gasteiger partial charge >= 0.3 is 0 Å². The van der Waals surface area contributed by atoms with Gasteiger partial charge in [-0.25, -0.2) is 4.98 Å². The molecular formula is C25H14Cl2N4. The van der Waals surface area contributed by atoms with Crippen LogP contribution in [0.1, 0.15) is 11.1 Å². The van der Waals surface area contributed by atoms with Crippen molar-refractivity contribution in [2.45, 2.75) is 0 Å². The van der Waals surface area contributed by atoms with Gasteiger partial charge in [0.05, 0.1) is 21.3 Å². The standard InChI is InChI=1S/C25H14Cl2N4/c26-21-10-9-17(12-22(21)27)16-7-4-8-18(11-16)23-19(13-28)24(15-5-2-1-3-6-15)31-25(30)20(23)14-29/h1-12H,(H2,30,31). The highest BCUT2D eigenvalue weighted by Gasteiger charge is 2.21. The normalized spacial score (nSPS) is 10.3. The number of hydrogen-bond acceptors (Lipinski definition) is 4. The van der Waals surface area contributed by atoms with Crippen LogP contribution in [0.5, 0.6) is 0 Å². The van der Waals surface area contributed by atoms with E-state index in [1.165, 1.54) is 0 Å². The van der Waals surface area contributed by atoms with Crippen LogP contribution in [0.3, 0.4) is 0 Å². The van der Waals surface area contributed by atoms with Crippen molar-refractivity contribution in [1.29, 1.82) is 10.5 Å². The van der Waals surface area contributed by atoms with E-state index in [2.05, 4.69) is 17.1 Å². The van der Waals surface area contributed by atoms with Gasteiger partial charge in [-0.1, -0.05) is 77.8 Å². The smallest absolute Gasteiger partial charge is 0.142 e. The quantitative estimate of drug-likeness (QED) is 0.383. The number of aromatic nitrogens is 1. The van der Waals surface area contributed by atoms with E-state index in [-0.39, 0.29) is 11.4 Å². The Morgan fingerprint density at radius 2 is 1.32 bits per heavy atom. The van der Waals surface area contributed by atoms with Gasteiger partial charge in [-0.3, -0.25) is 0 Å². The molecule has 6 heteroatoms. The predicted molar refractivity (Wildman–Crippen MR) is 124 cm³/mol. The highest BCUT2D eigenvalue weighted by Crippen LogP contribution is 2.38. The lowest BCUT2D eigenvalue weighted by molar-refractivity contribution is 1.29. The number of anilines is 1. The molecule has 0 aliphatic heterocycles. The third-order valence-electron chi connectivity index (χ3n) is 4.90. The van der Waals surface area contributed by atoms with Crippen molar-refractivity contribution in [3.63, 3.8) is 0 Å². The second-order valence-corrected chi connectivity index (χ2v) is 7.58. The Labute approximate surface area is 189 Å². The van der Waals surface area contributed by atoms with Crippen molar-refractivity contribution >= 4 is 29.0 Å². The Bertz CT molecular complexity index is 1380. The molecule has 0 atom stereocenters. The molecule has 0 spiro atoms. The van der Waals surface area contributed by atoms with Crippen LogP contribution < -0.4 is 5.73 Å². The summed E-state index contributed by atoms with van der Waals surface area (Å²) in [5, 5.41) is 20.7. The van der Waals surface area contributed by atoms with Gasteiger partial charge in [-0.2, -0.15) is 10.5 Å². The number of nitriles is 2. The summed E-state index contributed by atoms with van der Waals surface area (Å²) in [7, 11) is 0. The van der Waals surface area contributed by atoms with E-state index in [9.17, 15) is 10.5 Å². The molecule has 31 heavy (non-hydrogen) atoms. The fraction of sp³-hybridized carbons (Fsp3) is 0. The molecule has 0 radical (unpaired) electrons. The molecule has 4 rings (SSSR count). The lowest BCUT2D eigenvalue weighted by Gasteiger charge is -2.14. The Kier molecular flexibility index (Phi) is 5.60. The van der Waals surface area contributed by atoms with Crippen LogP contribution in [0.4, 0.5) is 5.82 Å². The van der Waals surface area contributed by atoms with E-state index in [0.29, 0.717) is 32.4 Å². The molecular weight excluding hydrogens is 427 g/mol. The molecule has 0 unspecified atom stereocenters. The second kappa shape index (κ2) is 8.50. The van der Waals surface area contributed by atoms with Crippen LogP contribution in [0, 0.1) is 22.7 Å². The fourth-order valence-corrected chi connectivity index (χ4v) is 3.75. The maximum Gasteiger partial charge on any atom is 0.142 e. The first-order valence-corrected chi connectivity index (χ1v) is 10.0. The van der Waals surface area contributed by atoms with Gasteiger partial charge in [0.25, 0.3) is 0 Å². The lowest BCUT2D eigenvalue weighted by atomic mass is 9.91. The molecule has 0 aliphatic rings. The highest BCUT2D eigenvalue weighted by molar-refractivity contribution is 6.42. The number of rotatable bonds is 3. The van der Waals surface area contributed by atoms with Gasteiger partial charge in [-0.05, 0) is 34.9 Å². The van der Waals surface area contributed by atoms with Crippen LogP contribution in [0.2, 0.25) is 10.0 Å². The summed E-state index contributed by atoms with van der Waals surface area (Å²) in [6.07, 6.45) is 0.